The van der Waals surface area contributed by atoms with Crippen LogP contribution in [0.4, 0.5) is 0 Å². The van der Waals surface area contributed by atoms with Crippen LogP contribution in [0.2, 0.25) is 0 Å². The first-order valence-corrected chi connectivity index (χ1v) is 8.64. The second-order valence-electron chi connectivity index (χ2n) is 4.76. The number of amides is 1. The number of rotatable bonds is 3. The minimum Gasteiger partial charge on any atom is -0.342 e. The van der Waals surface area contributed by atoms with E-state index in [1.165, 1.54) is 5.75 Å². The van der Waals surface area contributed by atoms with Crippen LogP contribution in [0.1, 0.15) is 12.8 Å². The van der Waals surface area contributed by atoms with Gasteiger partial charge in [-0.1, -0.05) is 0 Å². The van der Waals surface area contributed by atoms with Gasteiger partial charge < -0.3 is 10.2 Å². The fraction of sp³-hybridized carbons (Fsp3) is 0.917. The largest absolute Gasteiger partial charge is 0.342 e. The third-order valence-electron chi connectivity index (χ3n) is 3.51. The molecule has 2 rings (SSSR count). The lowest BCUT2D eigenvalue weighted by Crippen LogP contribution is -2.45. The summed E-state index contributed by atoms with van der Waals surface area (Å²) in [6.45, 7) is 3.02. The van der Waals surface area contributed by atoms with Gasteiger partial charge >= 0.3 is 0 Å². The average Bonchev–Trinajstić information content (AvgIpc) is 2.40. The van der Waals surface area contributed by atoms with Crippen LogP contribution in [0.15, 0.2) is 0 Å². The highest BCUT2D eigenvalue weighted by atomic mass is 32.2. The molecule has 0 aromatic carbocycles. The van der Waals surface area contributed by atoms with Crippen molar-refractivity contribution in [2.45, 2.75) is 18.1 Å². The van der Waals surface area contributed by atoms with Crippen molar-refractivity contribution in [3.05, 3.63) is 0 Å². The number of carbonyl (C=O) groups excluding carboxylic acids is 1. The molecule has 2 aliphatic heterocycles. The molecule has 0 bridgehead atoms. The van der Waals surface area contributed by atoms with Crippen molar-refractivity contribution in [1.29, 1.82) is 0 Å². The van der Waals surface area contributed by atoms with Crippen LogP contribution in [0.5, 0.6) is 0 Å². The van der Waals surface area contributed by atoms with Gasteiger partial charge in [-0.3, -0.25) is 4.79 Å². The number of hydrogen-bond donors (Lipinski definition) is 1. The molecule has 2 aliphatic rings. The summed E-state index contributed by atoms with van der Waals surface area (Å²) in [4.78, 5) is 14.4. The maximum Gasteiger partial charge on any atom is 0.236 e. The van der Waals surface area contributed by atoms with Crippen molar-refractivity contribution < 1.29 is 4.79 Å². The molecule has 2 fully saturated rings. The Morgan fingerprint density at radius 2 is 2.12 bits per heavy atom. The van der Waals surface area contributed by atoms with Gasteiger partial charge in [-0.25, -0.2) is 0 Å². The lowest BCUT2D eigenvalue weighted by atomic mass is 9.97. The SMILES string of the molecule is CNCC1CCN(C(=O)C2CSCCS2)CC1. The summed E-state index contributed by atoms with van der Waals surface area (Å²) in [5, 5.41) is 3.47. The van der Waals surface area contributed by atoms with E-state index in [2.05, 4.69) is 10.2 Å². The zero-order chi connectivity index (χ0) is 12.1. The topological polar surface area (TPSA) is 32.3 Å². The standard InChI is InChI=1S/C12H22N2OS2/c1-13-8-10-2-4-14(5-3-10)12(15)11-9-16-6-7-17-11/h10-11,13H,2-9H2,1H3. The fourth-order valence-corrected chi connectivity index (χ4v) is 5.11. The molecular formula is C12H22N2OS2. The Morgan fingerprint density at radius 1 is 1.35 bits per heavy atom. The van der Waals surface area contributed by atoms with Crippen molar-refractivity contribution in [3.8, 4) is 0 Å². The lowest BCUT2D eigenvalue weighted by Gasteiger charge is -2.34. The van der Waals surface area contributed by atoms with Gasteiger partial charge in [-0.2, -0.15) is 11.8 Å². The van der Waals surface area contributed by atoms with Crippen molar-refractivity contribution in [2.75, 3.05) is 43.9 Å². The summed E-state index contributed by atoms with van der Waals surface area (Å²) in [5.74, 6) is 4.51. The summed E-state index contributed by atoms with van der Waals surface area (Å²) < 4.78 is 0. The maximum absolute atomic E-state index is 12.3. The molecule has 1 N–H and O–H groups in total. The van der Waals surface area contributed by atoms with Crippen LogP contribution in [0, 0.1) is 5.92 Å². The van der Waals surface area contributed by atoms with E-state index in [1.54, 1.807) is 0 Å². The Labute approximate surface area is 112 Å². The van der Waals surface area contributed by atoms with E-state index in [-0.39, 0.29) is 5.25 Å². The Balaban J connectivity index is 1.77. The highest BCUT2D eigenvalue weighted by Gasteiger charge is 2.29. The van der Waals surface area contributed by atoms with E-state index >= 15 is 0 Å². The predicted molar refractivity (Wildman–Crippen MR) is 76.8 cm³/mol. The minimum absolute atomic E-state index is 0.231. The van der Waals surface area contributed by atoms with Gasteiger partial charge in [-0.15, -0.1) is 11.8 Å². The average molecular weight is 274 g/mol. The first-order chi connectivity index (χ1) is 8.31. The smallest absolute Gasteiger partial charge is 0.236 e. The van der Waals surface area contributed by atoms with Crippen LogP contribution in [-0.2, 0) is 4.79 Å². The molecule has 0 aromatic heterocycles. The zero-order valence-electron chi connectivity index (χ0n) is 10.5. The van der Waals surface area contributed by atoms with Crippen molar-refractivity contribution in [2.24, 2.45) is 5.92 Å². The monoisotopic (exact) mass is 274 g/mol. The number of hydrogen-bond acceptors (Lipinski definition) is 4. The van der Waals surface area contributed by atoms with E-state index in [1.807, 2.05) is 30.6 Å². The van der Waals surface area contributed by atoms with Crippen LogP contribution < -0.4 is 5.32 Å². The number of nitrogens with zero attached hydrogens (tertiary/aromatic N) is 1. The number of piperidine rings is 1. The molecule has 2 heterocycles. The van der Waals surface area contributed by atoms with Gasteiger partial charge in [0.2, 0.25) is 5.91 Å². The molecular weight excluding hydrogens is 252 g/mol. The van der Waals surface area contributed by atoms with Crippen LogP contribution in [0.25, 0.3) is 0 Å². The quantitative estimate of drug-likeness (QED) is 0.841. The number of nitrogens with one attached hydrogen (secondary N) is 1. The molecule has 98 valence electrons. The highest BCUT2D eigenvalue weighted by Crippen LogP contribution is 2.27. The summed E-state index contributed by atoms with van der Waals surface area (Å²) in [6, 6.07) is 0. The predicted octanol–water partition coefficient (Wildman–Crippen LogP) is 1.29. The number of thioether (sulfide) groups is 2. The molecule has 5 heteroatoms. The molecule has 17 heavy (non-hydrogen) atoms. The first-order valence-electron chi connectivity index (χ1n) is 6.44. The third kappa shape index (κ3) is 3.80. The van der Waals surface area contributed by atoms with Crippen molar-refractivity contribution >= 4 is 29.4 Å². The zero-order valence-corrected chi connectivity index (χ0v) is 12.1. The van der Waals surface area contributed by atoms with Gasteiger partial charge in [-0.05, 0) is 32.4 Å². The van der Waals surface area contributed by atoms with E-state index in [4.69, 9.17) is 0 Å². The molecule has 0 aliphatic carbocycles. The van der Waals surface area contributed by atoms with E-state index in [0.717, 1.165) is 49.9 Å². The second kappa shape index (κ2) is 6.90. The summed E-state index contributed by atoms with van der Waals surface area (Å²) in [5.41, 5.74) is 0. The van der Waals surface area contributed by atoms with Crippen LogP contribution >= 0.6 is 23.5 Å². The van der Waals surface area contributed by atoms with Crippen LogP contribution in [0.3, 0.4) is 0 Å². The van der Waals surface area contributed by atoms with Gasteiger partial charge in [0, 0.05) is 30.3 Å². The Hall–Kier alpha value is 0.130. The van der Waals surface area contributed by atoms with Crippen LogP contribution in [-0.4, -0.2) is 60.0 Å². The molecule has 0 aromatic rings. The minimum atomic E-state index is 0.231. The molecule has 0 radical (unpaired) electrons. The molecule has 1 amide bonds. The molecule has 2 saturated heterocycles. The Morgan fingerprint density at radius 3 is 2.71 bits per heavy atom. The van der Waals surface area contributed by atoms with E-state index in [9.17, 15) is 4.79 Å². The van der Waals surface area contributed by atoms with Gasteiger partial charge in [0.25, 0.3) is 0 Å². The summed E-state index contributed by atoms with van der Waals surface area (Å²) in [7, 11) is 2.01. The first kappa shape index (κ1) is 13.6. The molecule has 3 nitrogen and oxygen atoms in total. The van der Waals surface area contributed by atoms with Gasteiger partial charge in [0.15, 0.2) is 0 Å². The molecule has 0 saturated carbocycles. The molecule has 1 atom stereocenters. The number of carbonyl (C=O) groups is 1. The summed E-state index contributed by atoms with van der Waals surface area (Å²) >= 11 is 3.78. The van der Waals surface area contributed by atoms with Crippen molar-refractivity contribution in [3.63, 3.8) is 0 Å². The van der Waals surface area contributed by atoms with Gasteiger partial charge in [0.05, 0.1) is 5.25 Å². The lowest BCUT2D eigenvalue weighted by molar-refractivity contribution is -0.131. The molecule has 0 spiro atoms. The van der Waals surface area contributed by atoms with E-state index in [0.29, 0.717) is 5.91 Å². The normalized spacial score (nSPS) is 27.1. The Bertz CT molecular complexity index is 249. The Kier molecular flexibility index (Phi) is 5.50. The highest BCUT2D eigenvalue weighted by molar-refractivity contribution is 8.07. The third-order valence-corrected chi connectivity index (χ3v) is 6.25. The maximum atomic E-state index is 12.3. The van der Waals surface area contributed by atoms with Crippen molar-refractivity contribution in [1.82, 2.24) is 10.2 Å². The molecule has 1 unspecified atom stereocenters. The summed E-state index contributed by atoms with van der Waals surface area (Å²) in [6.07, 6.45) is 2.33. The van der Waals surface area contributed by atoms with Gasteiger partial charge in [0.1, 0.15) is 0 Å². The fourth-order valence-electron chi connectivity index (χ4n) is 2.48. The second-order valence-corrected chi connectivity index (χ2v) is 7.22. The van der Waals surface area contributed by atoms with E-state index < -0.39 is 0 Å². The number of likely N-dealkylation sites (tertiary alicyclic amines) is 1.